The molecule has 0 spiro atoms. The third kappa shape index (κ3) is 6.45. The highest BCUT2D eigenvalue weighted by atomic mass is 32.2. The van der Waals surface area contributed by atoms with E-state index in [0.29, 0.717) is 5.56 Å². The summed E-state index contributed by atoms with van der Waals surface area (Å²) in [5.41, 5.74) is 2.53. The number of pyridine rings is 1. The summed E-state index contributed by atoms with van der Waals surface area (Å²) in [7, 11) is -3.39. The van der Waals surface area contributed by atoms with Gasteiger partial charge in [0.2, 0.25) is 10.0 Å². The van der Waals surface area contributed by atoms with Crippen LogP contribution in [0.2, 0.25) is 0 Å². The Morgan fingerprint density at radius 3 is 2.33 bits per heavy atom. The first-order valence-corrected chi connectivity index (χ1v) is 10.6. The molecule has 0 atom stereocenters. The van der Waals surface area contributed by atoms with Crippen LogP contribution in [0, 0.1) is 0 Å². The zero-order valence-corrected chi connectivity index (χ0v) is 17.1. The summed E-state index contributed by atoms with van der Waals surface area (Å²) in [6.07, 6.45) is 4.43. The van der Waals surface area contributed by atoms with Crippen molar-refractivity contribution in [3.63, 3.8) is 0 Å². The first-order chi connectivity index (χ1) is 12.6. The topological polar surface area (TPSA) is 79.4 Å². The van der Waals surface area contributed by atoms with Crippen molar-refractivity contribution in [1.82, 2.24) is 14.6 Å². The highest BCUT2D eigenvalue weighted by molar-refractivity contribution is 7.88. The lowest BCUT2D eigenvalue weighted by Gasteiger charge is -2.20. The molecule has 0 aliphatic rings. The third-order valence-corrected chi connectivity index (χ3v) is 5.46. The van der Waals surface area contributed by atoms with Crippen LogP contribution in [-0.4, -0.2) is 43.0 Å². The predicted octanol–water partition coefficient (Wildman–Crippen LogP) is 2.57. The molecule has 1 amide bonds. The van der Waals surface area contributed by atoms with Gasteiger partial charge >= 0.3 is 0 Å². The van der Waals surface area contributed by atoms with Crippen LogP contribution in [0.1, 0.15) is 42.3 Å². The maximum Gasteiger partial charge on any atom is 0.251 e. The van der Waals surface area contributed by atoms with E-state index in [1.807, 2.05) is 18.2 Å². The van der Waals surface area contributed by atoms with Crippen molar-refractivity contribution in [2.75, 3.05) is 19.3 Å². The largest absolute Gasteiger partial charge is 0.351 e. The minimum Gasteiger partial charge on any atom is -0.351 e. The van der Waals surface area contributed by atoms with Crippen LogP contribution < -0.4 is 5.32 Å². The number of aromatic nitrogens is 1. The molecular weight excluding hydrogens is 362 g/mol. The van der Waals surface area contributed by atoms with E-state index in [2.05, 4.69) is 31.1 Å². The Labute approximate surface area is 161 Å². The molecule has 1 heterocycles. The van der Waals surface area contributed by atoms with Gasteiger partial charge in [-0.1, -0.05) is 39.0 Å². The first-order valence-electron chi connectivity index (χ1n) is 8.80. The number of benzene rings is 1. The third-order valence-electron chi connectivity index (χ3n) is 4.21. The van der Waals surface area contributed by atoms with Crippen LogP contribution in [0.5, 0.6) is 0 Å². The van der Waals surface area contributed by atoms with Gasteiger partial charge in [0.1, 0.15) is 0 Å². The van der Waals surface area contributed by atoms with Gasteiger partial charge in [-0.3, -0.25) is 9.78 Å². The molecule has 0 aliphatic carbocycles. The summed E-state index contributed by atoms with van der Waals surface area (Å²) in [6, 6.07) is 11.1. The number of nitrogens with one attached hydrogen (secondary N) is 1. The fourth-order valence-electron chi connectivity index (χ4n) is 2.58. The number of carbonyl (C=O) groups excluding carboxylic acids is 1. The first kappa shape index (κ1) is 21.1. The van der Waals surface area contributed by atoms with Gasteiger partial charge < -0.3 is 5.32 Å². The molecule has 1 aromatic carbocycles. The van der Waals surface area contributed by atoms with Crippen LogP contribution in [0.15, 0.2) is 48.8 Å². The van der Waals surface area contributed by atoms with Crippen molar-refractivity contribution in [2.24, 2.45) is 0 Å². The Morgan fingerprint density at radius 2 is 1.81 bits per heavy atom. The highest BCUT2D eigenvalue weighted by Gasteiger charge is 2.18. The van der Waals surface area contributed by atoms with Gasteiger partial charge in [0.15, 0.2) is 0 Å². The monoisotopic (exact) mass is 389 g/mol. The van der Waals surface area contributed by atoms with E-state index in [4.69, 9.17) is 0 Å². The number of amides is 1. The maximum absolute atomic E-state index is 12.3. The second-order valence-corrected chi connectivity index (χ2v) is 9.52. The molecule has 27 heavy (non-hydrogen) atoms. The second-order valence-electron chi connectivity index (χ2n) is 7.54. The summed E-state index contributed by atoms with van der Waals surface area (Å²) in [4.78, 5) is 16.3. The molecule has 1 N–H and O–H groups in total. The Balaban J connectivity index is 1.95. The van der Waals surface area contributed by atoms with Crippen molar-refractivity contribution in [3.8, 4) is 0 Å². The Hall–Kier alpha value is -2.25. The minimum atomic E-state index is -3.39. The van der Waals surface area contributed by atoms with Gasteiger partial charge in [0.05, 0.1) is 6.26 Å². The molecule has 0 saturated carbocycles. The number of hydrogen-bond acceptors (Lipinski definition) is 4. The van der Waals surface area contributed by atoms with E-state index in [-0.39, 0.29) is 31.0 Å². The Kier molecular flexibility index (Phi) is 6.73. The van der Waals surface area contributed by atoms with E-state index >= 15 is 0 Å². The van der Waals surface area contributed by atoms with E-state index in [0.717, 1.165) is 17.4 Å². The molecule has 146 valence electrons. The molecule has 1 aromatic heterocycles. The van der Waals surface area contributed by atoms with E-state index in [1.54, 1.807) is 30.6 Å². The summed E-state index contributed by atoms with van der Waals surface area (Å²) in [6.45, 7) is 6.99. The van der Waals surface area contributed by atoms with Crippen LogP contribution in [0.3, 0.4) is 0 Å². The molecule has 2 rings (SSSR count). The van der Waals surface area contributed by atoms with Crippen LogP contribution in [0.25, 0.3) is 0 Å². The van der Waals surface area contributed by atoms with Gasteiger partial charge in [-0.05, 0) is 34.7 Å². The molecule has 0 unspecified atom stereocenters. The predicted molar refractivity (Wildman–Crippen MR) is 107 cm³/mol. The smallest absolute Gasteiger partial charge is 0.251 e. The van der Waals surface area contributed by atoms with Crippen molar-refractivity contribution >= 4 is 15.9 Å². The quantitative estimate of drug-likeness (QED) is 0.789. The summed E-state index contributed by atoms with van der Waals surface area (Å²) in [5.74, 6) is -0.217. The molecule has 0 bridgehead atoms. The normalized spacial score (nSPS) is 12.2. The molecule has 0 radical (unpaired) electrons. The summed E-state index contributed by atoms with van der Waals surface area (Å²) < 4.78 is 25.3. The number of sulfonamides is 1. The van der Waals surface area contributed by atoms with Crippen molar-refractivity contribution in [2.45, 2.75) is 32.7 Å². The lowest BCUT2D eigenvalue weighted by Crippen LogP contribution is -2.37. The van der Waals surface area contributed by atoms with Crippen LogP contribution in [0.4, 0.5) is 0 Å². The number of carbonyl (C=O) groups is 1. The lowest BCUT2D eigenvalue weighted by molar-refractivity contribution is 0.0951. The number of hydrogen-bond donors (Lipinski definition) is 1. The van der Waals surface area contributed by atoms with E-state index < -0.39 is 10.0 Å². The molecule has 7 heteroatoms. The fourth-order valence-corrected chi connectivity index (χ4v) is 3.38. The van der Waals surface area contributed by atoms with Crippen LogP contribution in [-0.2, 0) is 22.0 Å². The molecular formula is C20H27N3O3S. The van der Waals surface area contributed by atoms with Crippen molar-refractivity contribution in [1.29, 1.82) is 0 Å². The van der Waals surface area contributed by atoms with Gasteiger partial charge in [0, 0.05) is 37.6 Å². The maximum atomic E-state index is 12.3. The van der Waals surface area contributed by atoms with Crippen molar-refractivity contribution in [3.05, 3.63) is 65.5 Å². The Bertz CT molecular complexity index is 858. The number of nitrogens with zero attached hydrogens (tertiary/aromatic N) is 2. The average molecular weight is 390 g/mol. The van der Waals surface area contributed by atoms with Crippen LogP contribution >= 0.6 is 0 Å². The zero-order chi connectivity index (χ0) is 20.1. The average Bonchev–Trinajstić information content (AvgIpc) is 2.60. The van der Waals surface area contributed by atoms with Gasteiger partial charge in [0.25, 0.3) is 5.91 Å². The highest BCUT2D eigenvalue weighted by Crippen LogP contribution is 2.22. The minimum absolute atomic E-state index is 0.0251. The lowest BCUT2D eigenvalue weighted by atomic mass is 9.87. The zero-order valence-electron chi connectivity index (χ0n) is 16.3. The summed E-state index contributed by atoms with van der Waals surface area (Å²) in [5, 5.41) is 2.78. The second kappa shape index (κ2) is 8.63. The standard InChI is InChI=1S/C20H27N3O3S/c1-20(2,3)18-9-7-17(8-10-18)19(24)22-12-13-23(27(4,25)26)15-16-6-5-11-21-14-16/h5-11,14H,12-13,15H2,1-4H3,(H,22,24). The fraction of sp³-hybridized carbons (Fsp3) is 0.400. The summed E-state index contributed by atoms with van der Waals surface area (Å²) >= 11 is 0. The molecule has 0 saturated heterocycles. The molecule has 0 aliphatic heterocycles. The van der Waals surface area contributed by atoms with Gasteiger partial charge in [-0.25, -0.2) is 8.42 Å². The SMILES string of the molecule is CC(C)(C)c1ccc(C(=O)NCCN(Cc2cccnc2)S(C)(=O)=O)cc1. The number of rotatable bonds is 7. The Morgan fingerprint density at radius 1 is 1.15 bits per heavy atom. The van der Waals surface area contributed by atoms with Gasteiger partial charge in [-0.15, -0.1) is 0 Å². The van der Waals surface area contributed by atoms with Gasteiger partial charge in [-0.2, -0.15) is 4.31 Å². The molecule has 6 nitrogen and oxygen atoms in total. The van der Waals surface area contributed by atoms with E-state index in [1.165, 1.54) is 4.31 Å². The van der Waals surface area contributed by atoms with E-state index in [9.17, 15) is 13.2 Å². The van der Waals surface area contributed by atoms with Crippen molar-refractivity contribution < 1.29 is 13.2 Å². The molecule has 2 aromatic rings. The molecule has 0 fully saturated rings.